The second kappa shape index (κ2) is 5.19. The smallest absolute Gasteiger partial charge is 0.317 e. The van der Waals surface area contributed by atoms with E-state index in [-0.39, 0.29) is 0 Å². The van der Waals surface area contributed by atoms with Gasteiger partial charge >= 0.3 is 5.97 Å². The Morgan fingerprint density at radius 1 is 1.05 bits per heavy atom. The number of hydrogen-bond donors (Lipinski definition) is 0. The Kier molecular flexibility index (Phi) is 4.22. The van der Waals surface area contributed by atoms with Crippen LogP contribution in [0.15, 0.2) is 0 Å². The number of carbonyl (C=O) groups excluding carboxylic acids is 1. The Labute approximate surface area is 108 Å². The summed E-state index contributed by atoms with van der Waals surface area (Å²) in [5, 5.41) is 0. The van der Waals surface area contributed by atoms with E-state index in [1.807, 2.05) is 0 Å². The van der Waals surface area contributed by atoms with Crippen LogP contribution in [-0.2, 0) is 4.79 Å². The standard InChI is InChI=1S/C13H14F4O2/c1-5-13(3,4)12(18)19-11-8(15)6(2)7(14)9(16)10(11)17/h5H2,1-4H3. The molecule has 0 bridgehead atoms. The summed E-state index contributed by atoms with van der Waals surface area (Å²) < 4.78 is 57.8. The van der Waals surface area contributed by atoms with Crippen LogP contribution in [-0.4, -0.2) is 5.97 Å². The molecule has 0 saturated carbocycles. The fourth-order valence-electron chi connectivity index (χ4n) is 1.19. The molecule has 0 amide bonds. The molecule has 0 heterocycles. The zero-order valence-electron chi connectivity index (χ0n) is 11.0. The number of rotatable bonds is 3. The van der Waals surface area contributed by atoms with Crippen LogP contribution in [0.5, 0.6) is 5.75 Å². The second-order valence-electron chi connectivity index (χ2n) is 4.84. The van der Waals surface area contributed by atoms with Crippen LogP contribution in [0, 0.1) is 35.6 Å². The van der Waals surface area contributed by atoms with Gasteiger partial charge in [0.25, 0.3) is 0 Å². The van der Waals surface area contributed by atoms with Crippen LogP contribution < -0.4 is 4.74 Å². The molecule has 0 aliphatic rings. The molecule has 1 rings (SSSR count). The molecule has 0 aliphatic heterocycles. The highest BCUT2D eigenvalue weighted by Crippen LogP contribution is 2.32. The molecule has 0 saturated heterocycles. The van der Waals surface area contributed by atoms with E-state index < -0.39 is 46.0 Å². The van der Waals surface area contributed by atoms with Gasteiger partial charge in [0.15, 0.2) is 17.5 Å². The SMILES string of the molecule is CCC(C)(C)C(=O)Oc1c(F)c(C)c(F)c(F)c1F. The van der Waals surface area contributed by atoms with E-state index in [4.69, 9.17) is 0 Å². The number of ether oxygens (including phenoxy) is 1. The van der Waals surface area contributed by atoms with Crippen LogP contribution >= 0.6 is 0 Å². The molecule has 1 aromatic carbocycles. The van der Waals surface area contributed by atoms with Gasteiger partial charge in [-0.05, 0) is 27.2 Å². The molecule has 2 nitrogen and oxygen atoms in total. The minimum absolute atomic E-state index is 0.359. The molecular weight excluding hydrogens is 264 g/mol. The van der Waals surface area contributed by atoms with E-state index in [0.717, 1.165) is 6.92 Å². The average molecular weight is 278 g/mol. The van der Waals surface area contributed by atoms with Crippen molar-refractivity contribution in [2.75, 3.05) is 0 Å². The molecule has 0 aliphatic carbocycles. The van der Waals surface area contributed by atoms with Gasteiger partial charge in [-0.1, -0.05) is 6.92 Å². The quantitative estimate of drug-likeness (QED) is 0.276. The zero-order valence-corrected chi connectivity index (χ0v) is 11.0. The van der Waals surface area contributed by atoms with E-state index in [9.17, 15) is 22.4 Å². The molecule has 0 radical (unpaired) electrons. The lowest BCUT2D eigenvalue weighted by Crippen LogP contribution is -2.29. The third-order valence-electron chi connectivity index (χ3n) is 3.07. The van der Waals surface area contributed by atoms with Gasteiger partial charge in [0.1, 0.15) is 0 Å². The lowest BCUT2D eigenvalue weighted by Gasteiger charge is -2.20. The Morgan fingerprint density at radius 3 is 2.05 bits per heavy atom. The van der Waals surface area contributed by atoms with Crippen molar-refractivity contribution in [3.05, 3.63) is 28.8 Å². The zero-order chi connectivity index (χ0) is 15.0. The first-order valence-electron chi connectivity index (χ1n) is 5.68. The van der Waals surface area contributed by atoms with Crippen molar-refractivity contribution in [2.45, 2.75) is 34.1 Å². The summed E-state index contributed by atoms with van der Waals surface area (Å²) in [5.74, 6) is -8.89. The maximum Gasteiger partial charge on any atom is 0.317 e. The summed E-state index contributed by atoms with van der Waals surface area (Å²) in [6.45, 7) is 5.63. The number of carbonyl (C=O) groups is 1. The highest BCUT2D eigenvalue weighted by Gasteiger charge is 2.32. The van der Waals surface area contributed by atoms with Crippen LogP contribution in [0.1, 0.15) is 32.8 Å². The molecule has 0 spiro atoms. The van der Waals surface area contributed by atoms with Crippen LogP contribution in [0.25, 0.3) is 0 Å². The van der Waals surface area contributed by atoms with Crippen molar-refractivity contribution >= 4 is 5.97 Å². The highest BCUT2D eigenvalue weighted by atomic mass is 19.2. The van der Waals surface area contributed by atoms with Gasteiger partial charge in [-0.15, -0.1) is 0 Å². The predicted octanol–water partition coefficient (Wildman–Crippen LogP) is 3.89. The van der Waals surface area contributed by atoms with Crippen LogP contribution in [0.2, 0.25) is 0 Å². The summed E-state index contributed by atoms with van der Waals surface area (Å²) in [6, 6.07) is 0. The second-order valence-corrected chi connectivity index (χ2v) is 4.84. The Balaban J connectivity index is 3.27. The summed E-state index contributed by atoms with van der Waals surface area (Å²) >= 11 is 0. The van der Waals surface area contributed by atoms with Gasteiger partial charge in [-0.25, -0.2) is 13.2 Å². The first-order valence-corrected chi connectivity index (χ1v) is 5.68. The van der Waals surface area contributed by atoms with Crippen molar-refractivity contribution < 1.29 is 27.1 Å². The van der Waals surface area contributed by atoms with Gasteiger partial charge in [-0.3, -0.25) is 4.79 Å². The monoisotopic (exact) mass is 278 g/mol. The van der Waals surface area contributed by atoms with Gasteiger partial charge in [0, 0.05) is 5.56 Å². The molecular formula is C13H14F4O2. The number of halogens is 4. The normalized spacial score (nSPS) is 11.6. The summed E-state index contributed by atoms with van der Waals surface area (Å²) in [6.07, 6.45) is 0.359. The number of hydrogen-bond acceptors (Lipinski definition) is 2. The molecule has 0 fully saturated rings. The van der Waals surface area contributed by atoms with Gasteiger partial charge < -0.3 is 4.74 Å². The summed E-state index contributed by atoms with van der Waals surface area (Å²) in [7, 11) is 0. The Bertz CT molecular complexity index is 495. The number of benzene rings is 1. The van der Waals surface area contributed by atoms with Crippen molar-refractivity contribution in [1.29, 1.82) is 0 Å². The first-order chi connectivity index (χ1) is 8.63. The molecule has 1 aromatic rings. The summed E-state index contributed by atoms with van der Waals surface area (Å²) in [5.41, 5.74) is -1.73. The van der Waals surface area contributed by atoms with Crippen LogP contribution in [0.4, 0.5) is 17.6 Å². The molecule has 106 valence electrons. The topological polar surface area (TPSA) is 26.3 Å². The maximum absolute atomic E-state index is 13.6. The van der Waals surface area contributed by atoms with Crippen molar-refractivity contribution in [2.24, 2.45) is 5.41 Å². The lowest BCUT2D eigenvalue weighted by atomic mass is 9.91. The van der Waals surface area contributed by atoms with E-state index in [2.05, 4.69) is 4.74 Å². The average Bonchev–Trinajstić information content (AvgIpc) is 2.38. The van der Waals surface area contributed by atoms with Gasteiger partial charge in [0.05, 0.1) is 5.41 Å². The maximum atomic E-state index is 13.6. The molecule has 0 atom stereocenters. The van der Waals surface area contributed by atoms with Crippen molar-refractivity contribution in [1.82, 2.24) is 0 Å². The third-order valence-corrected chi connectivity index (χ3v) is 3.07. The third kappa shape index (κ3) is 2.72. The first kappa shape index (κ1) is 15.5. The van der Waals surface area contributed by atoms with E-state index >= 15 is 0 Å². The minimum Gasteiger partial charge on any atom is -0.420 e. The van der Waals surface area contributed by atoms with E-state index in [1.165, 1.54) is 13.8 Å². The molecule has 0 N–H and O–H groups in total. The fourth-order valence-corrected chi connectivity index (χ4v) is 1.19. The van der Waals surface area contributed by atoms with Crippen molar-refractivity contribution in [3.63, 3.8) is 0 Å². The van der Waals surface area contributed by atoms with Crippen molar-refractivity contribution in [3.8, 4) is 5.75 Å². The highest BCUT2D eigenvalue weighted by molar-refractivity contribution is 5.78. The lowest BCUT2D eigenvalue weighted by molar-refractivity contribution is -0.144. The van der Waals surface area contributed by atoms with E-state index in [1.54, 1.807) is 6.92 Å². The van der Waals surface area contributed by atoms with Gasteiger partial charge in [0.2, 0.25) is 11.6 Å². The number of esters is 1. The Hall–Kier alpha value is -1.59. The Morgan fingerprint density at radius 2 is 1.58 bits per heavy atom. The van der Waals surface area contributed by atoms with E-state index in [0.29, 0.717) is 6.42 Å². The molecule has 6 heteroatoms. The molecule has 0 unspecified atom stereocenters. The fraction of sp³-hybridized carbons (Fsp3) is 0.462. The minimum atomic E-state index is -1.86. The van der Waals surface area contributed by atoms with Crippen LogP contribution in [0.3, 0.4) is 0 Å². The predicted molar refractivity (Wildman–Crippen MR) is 60.7 cm³/mol. The largest absolute Gasteiger partial charge is 0.420 e. The van der Waals surface area contributed by atoms with Gasteiger partial charge in [-0.2, -0.15) is 4.39 Å². The molecule has 19 heavy (non-hydrogen) atoms. The summed E-state index contributed by atoms with van der Waals surface area (Å²) in [4.78, 5) is 11.7. The molecule has 0 aromatic heterocycles.